The zero-order valence-corrected chi connectivity index (χ0v) is 13.9. The van der Waals surface area contributed by atoms with E-state index < -0.39 is 6.10 Å². The van der Waals surface area contributed by atoms with E-state index >= 15 is 0 Å². The van der Waals surface area contributed by atoms with E-state index in [9.17, 15) is 5.11 Å². The summed E-state index contributed by atoms with van der Waals surface area (Å²) in [6, 6.07) is 8.23. The van der Waals surface area contributed by atoms with Crippen molar-refractivity contribution in [3.05, 3.63) is 34.3 Å². The van der Waals surface area contributed by atoms with Gasteiger partial charge in [0, 0.05) is 24.2 Å². The van der Waals surface area contributed by atoms with Crippen molar-refractivity contribution in [1.82, 2.24) is 5.32 Å². The van der Waals surface area contributed by atoms with Gasteiger partial charge in [-0.05, 0) is 25.5 Å². The average molecular weight is 346 g/mol. The highest BCUT2D eigenvalue weighted by atomic mass is 79.9. The second kappa shape index (κ2) is 9.47. The molecule has 0 radical (unpaired) electrons. The summed E-state index contributed by atoms with van der Waals surface area (Å²) in [5, 5.41) is 13.2. The molecule has 1 aromatic rings. The van der Waals surface area contributed by atoms with Gasteiger partial charge in [0.15, 0.2) is 0 Å². The van der Waals surface area contributed by atoms with Crippen LogP contribution in [0.2, 0.25) is 0 Å². The molecule has 1 aromatic carbocycles. The largest absolute Gasteiger partial charge is 0.389 e. The van der Waals surface area contributed by atoms with Crippen molar-refractivity contribution in [2.24, 2.45) is 0 Å². The van der Waals surface area contributed by atoms with Crippen molar-refractivity contribution in [1.29, 1.82) is 0 Å². The van der Waals surface area contributed by atoms with Gasteiger partial charge in [-0.1, -0.05) is 34.1 Å². The third kappa shape index (κ3) is 6.33. The van der Waals surface area contributed by atoms with Gasteiger partial charge < -0.3 is 19.9 Å². The van der Waals surface area contributed by atoms with Crippen LogP contribution in [0, 0.1) is 0 Å². The average Bonchev–Trinajstić information content (AvgIpc) is 2.43. The summed E-state index contributed by atoms with van der Waals surface area (Å²) in [4.78, 5) is 0. The van der Waals surface area contributed by atoms with Crippen LogP contribution < -0.4 is 5.32 Å². The third-order valence-corrected chi connectivity index (χ3v) is 3.73. The molecule has 20 heavy (non-hydrogen) atoms. The molecule has 0 spiro atoms. The predicted molar refractivity (Wildman–Crippen MR) is 83.9 cm³/mol. The number of methoxy groups -OCH3 is 1. The molecule has 2 N–H and O–H groups in total. The maximum absolute atomic E-state index is 9.89. The second-order valence-corrected chi connectivity index (χ2v) is 5.76. The van der Waals surface area contributed by atoms with Crippen LogP contribution in [0.5, 0.6) is 0 Å². The molecule has 0 heterocycles. The Balaban J connectivity index is 2.30. The van der Waals surface area contributed by atoms with Crippen molar-refractivity contribution in [3.8, 4) is 0 Å². The Morgan fingerprint density at radius 2 is 1.95 bits per heavy atom. The standard InChI is InChI=1S/C15H24BrNO3/c1-11(9-19-3)20-10-13(18)8-17-12(2)14-6-4-5-7-15(14)16/h4-7,11-13,17-18H,8-10H2,1-3H3/t11?,12-,13?/m0/s1. The number of ether oxygens (including phenoxy) is 2. The van der Waals surface area contributed by atoms with Crippen LogP contribution in [0.25, 0.3) is 0 Å². The first-order valence-electron chi connectivity index (χ1n) is 6.81. The van der Waals surface area contributed by atoms with Gasteiger partial charge >= 0.3 is 0 Å². The molecule has 0 saturated heterocycles. The molecule has 114 valence electrons. The first kappa shape index (κ1) is 17.6. The maximum atomic E-state index is 9.89. The van der Waals surface area contributed by atoms with E-state index in [4.69, 9.17) is 9.47 Å². The van der Waals surface area contributed by atoms with Crippen LogP contribution in [-0.4, -0.2) is 44.2 Å². The number of hydrogen-bond acceptors (Lipinski definition) is 4. The Hall–Kier alpha value is -0.460. The van der Waals surface area contributed by atoms with Crippen LogP contribution in [0.1, 0.15) is 25.5 Å². The van der Waals surface area contributed by atoms with Gasteiger partial charge in [-0.2, -0.15) is 0 Å². The number of benzene rings is 1. The molecular formula is C15H24BrNO3. The number of rotatable bonds is 9. The van der Waals surface area contributed by atoms with Crippen LogP contribution in [-0.2, 0) is 9.47 Å². The van der Waals surface area contributed by atoms with Crippen LogP contribution in [0.3, 0.4) is 0 Å². The molecule has 0 saturated carbocycles. The Morgan fingerprint density at radius 1 is 1.25 bits per heavy atom. The van der Waals surface area contributed by atoms with Gasteiger partial charge in [0.05, 0.1) is 25.4 Å². The van der Waals surface area contributed by atoms with Gasteiger partial charge in [0.1, 0.15) is 0 Å². The lowest BCUT2D eigenvalue weighted by Crippen LogP contribution is -2.33. The van der Waals surface area contributed by atoms with Gasteiger partial charge in [-0.25, -0.2) is 0 Å². The third-order valence-electron chi connectivity index (χ3n) is 3.01. The summed E-state index contributed by atoms with van der Waals surface area (Å²) < 4.78 is 11.5. The van der Waals surface area contributed by atoms with Crippen molar-refractivity contribution in [2.45, 2.75) is 32.1 Å². The molecule has 0 fully saturated rings. The molecular weight excluding hydrogens is 322 g/mol. The van der Waals surface area contributed by atoms with Crippen molar-refractivity contribution < 1.29 is 14.6 Å². The van der Waals surface area contributed by atoms with E-state index in [1.165, 1.54) is 5.56 Å². The molecule has 0 aliphatic rings. The van der Waals surface area contributed by atoms with Gasteiger partial charge in [-0.3, -0.25) is 0 Å². The minimum Gasteiger partial charge on any atom is -0.389 e. The highest BCUT2D eigenvalue weighted by molar-refractivity contribution is 9.10. The number of aliphatic hydroxyl groups is 1. The fraction of sp³-hybridized carbons (Fsp3) is 0.600. The molecule has 3 atom stereocenters. The Bertz CT molecular complexity index is 389. The highest BCUT2D eigenvalue weighted by Gasteiger charge is 2.12. The summed E-state index contributed by atoms with van der Waals surface area (Å²) in [6.45, 7) is 5.32. The Morgan fingerprint density at radius 3 is 2.60 bits per heavy atom. The van der Waals surface area contributed by atoms with E-state index in [-0.39, 0.29) is 12.1 Å². The first-order chi connectivity index (χ1) is 9.54. The molecule has 1 rings (SSSR count). The molecule has 4 nitrogen and oxygen atoms in total. The lowest BCUT2D eigenvalue weighted by Gasteiger charge is -2.20. The monoisotopic (exact) mass is 345 g/mol. The first-order valence-corrected chi connectivity index (χ1v) is 7.60. The molecule has 0 aliphatic carbocycles. The molecule has 0 bridgehead atoms. The number of halogens is 1. The minimum absolute atomic E-state index is 0.00431. The van der Waals surface area contributed by atoms with E-state index in [2.05, 4.69) is 34.2 Å². The SMILES string of the molecule is COCC(C)OCC(O)CN[C@@H](C)c1ccccc1Br. The van der Waals surface area contributed by atoms with E-state index in [1.807, 2.05) is 25.1 Å². The fourth-order valence-electron chi connectivity index (χ4n) is 1.87. The topological polar surface area (TPSA) is 50.7 Å². The number of hydrogen-bond donors (Lipinski definition) is 2. The van der Waals surface area contributed by atoms with Gasteiger partial charge in [-0.15, -0.1) is 0 Å². The Kier molecular flexibility index (Phi) is 8.33. The number of aliphatic hydroxyl groups excluding tert-OH is 1. The lowest BCUT2D eigenvalue weighted by atomic mass is 10.1. The van der Waals surface area contributed by atoms with Crippen LogP contribution in [0.4, 0.5) is 0 Å². The molecule has 5 heteroatoms. The summed E-state index contributed by atoms with van der Waals surface area (Å²) >= 11 is 3.53. The van der Waals surface area contributed by atoms with Gasteiger partial charge in [0.2, 0.25) is 0 Å². The van der Waals surface area contributed by atoms with Crippen molar-refractivity contribution >= 4 is 15.9 Å². The smallest absolute Gasteiger partial charge is 0.0898 e. The van der Waals surface area contributed by atoms with Crippen molar-refractivity contribution in [3.63, 3.8) is 0 Å². The maximum Gasteiger partial charge on any atom is 0.0898 e. The summed E-state index contributed by atoms with van der Waals surface area (Å²) in [5.41, 5.74) is 1.17. The minimum atomic E-state index is -0.528. The second-order valence-electron chi connectivity index (χ2n) is 4.90. The van der Waals surface area contributed by atoms with E-state index in [1.54, 1.807) is 7.11 Å². The summed E-state index contributed by atoms with van der Waals surface area (Å²) in [7, 11) is 1.64. The summed E-state index contributed by atoms with van der Waals surface area (Å²) in [6.07, 6.45) is -0.533. The number of nitrogens with one attached hydrogen (secondary N) is 1. The zero-order valence-electron chi connectivity index (χ0n) is 12.3. The summed E-state index contributed by atoms with van der Waals surface area (Å²) in [5.74, 6) is 0. The molecule has 0 aliphatic heterocycles. The van der Waals surface area contributed by atoms with Crippen LogP contribution in [0.15, 0.2) is 28.7 Å². The normalized spacial score (nSPS) is 15.8. The van der Waals surface area contributed by atoms with Gasteiger partial charge in [0.25, 0.3) is 0 Å². The zero-order chi connectivity index (χ0) is 15.0. The highest BCUT2D eigenvalue weighted by Crippen LogP contribution is 2.22. The molecule has 0 amide bonds. The fourth-order valence-corrected chi connectivity index (χ4v) is 2.49. The molecule has 0 aromatic heterocycles. The molecule has 2 unspecified atom stereocenters. The predicted octanol–water partition coefficient (Wildman–Crippen LogP) is 2.51. The quantitative estimate of drug-likeness (QED) is 0.722. The van der Waals surface area contributed by atoms with E-state index in [0.717, 1.165) is 4.47 Å². The van der Waals surface area contributed by atoms with Crippen molar-refractivity contribution in [2.75, 3.05) is 26.9 Å². The van der Waals surface area contributed by atoms with E-state index in [0.29, 0.717) is 19.8 Å². The Labute approximate surface area is 129 Å². The van der Waals surface area contributed by atoms with Crippen LogP contribution >= 0.6 is 15.9 Å². The lowest BCUT2D eigenvalue weighted by molar-refractivity contribution is -0.0315.